The minimum absolute atomic E-state index is 0.0174. The Bertz CT molecular complexity index is 1570. The predicted octanol–water partition coefficient (Wildman–Crippen LogP) is 6.17. The molecule has 4 aromatic rings. The smallest absolute Gasteiger partial charge is 0.317 e. The number of aromatic nitrogens is 1. The van der Waals surface area contributed by atoms with Crippen LogP contribution in [0.15, 0.2) is 66.7 Å². The largest absolute Gasteiger partial charge is 0.488 e. The van der Waals surface area contributed by atoms with Crippen LogP contribution < -0.4 is 4.74 Å². The molecule has 1 aromatic heterocycles. The Morgan fingerprint density at radius 1 is 1.00 bits per heavy atom. The number of halogens is 2. The minimum Gasteiger partial charge on any atom is -0.488 e. The van der Waals surface area contributed by atoms with Crippen molar-refractivity contribution in [2.45, 2.75) is 44.3 Å². The normalized spacial score (nSPS) is 18.1. The third-order valence-electron chi connectivity index (χ3n) is 8.18. The van der Waals surface area contributed by atoms with Crippen molar-refractivity contribution in [1.82, 2.24) is 9.47 Å². The van der Waals surface area contributed by atoms with Crippen LogP contribution in [-0.2, 0) is 27.2 Å². The molecular weight excluding hydrogens is 514 g/mol. The van der Waals surface area contributed by atoms with Crippen molar-refractivity contribution in [2.75, 3.05) is 26.2 Å². The summed E-state index contributed by atoms with van der Waals surface area (Å²) in [5, 5.41) is 10.2. The fraction of sp³-hybridized carbons (Fsp3) is 0.344. The fourth-order valence-electron chi connectivity index (χ4n) is 6.26. The van der Waals surface area contributed by atoms with Crippen LogP contribution in [0.4, 0.5) is 8.78 Å². The zero-order valence-corrected chi connectivity index (χ0v) is 22.6. The molecule has 0 radical (unpaired) electrons. The molecule has 2 aliphatic heterocycles. The summed E-state index contributed by atoms with van der Waals surface area (Å²) in [6.07, 6.45) is 1.21. The number of fused-ring (bicyclic) bond motifs is 4. The van der Waals surface area contributed by atoms with Crippen molar-refractivity contribution in [2.24, 2.45) is 0 Å². The third kappa shape index (κ3) is 4.55. The summed E-state index contributed by atoms with van der Waals surface area (Å²) in [5.41, 5.74) is 3.21. The number of ether oxygens (including phenoxy) is 2. The number of carboxylic acids is 1. The molecule has 8 heteroatoms. The van der Waals surface area contributed by atoms with Crippen LogP contribution in [0.5, 0.6) is 5.75 Å². The average Bonchev–Trinajstić information content (AvgIpc) is 3.31. The molecule has 3 aromatic carbocycles. The van der Waals surface area contributed by atoms with E-state index in [1.54, 1.807) is 6.07 Å². The van der Waals surface area contributed by atoms with Gasteiger partial charge in [-0.2, -0.15) is 0 Å². The molecule has 0 bridgehead atoms. The van der Waals surface area contributed by atoms with Gasteiger partial charge in [0, 0.05) is 46.9 Å². The molecule has 0 saturated carbocycles. The van der Waals surface area contributed by atoms with Gasteiger partial charge in [-0.1, -0.05) is 50.2 Å². The topological polar surface area (TPSA) is 63.9 Å². The lowest BCUT2D eigenvalue weighted by Gasteiger charge is -2.48. The molecule has 1 saturated heterocycles. The first kappa shape index (κ1) is 26.5. The highest BCUT2D eigenvalue weighted by atomic mass is 19.2. The zero-order chi connectivity index (χ0) is 28.1. The molecule has 6 nitrogen and oxygen atoms in total. The van der Waals surface area contributed by atoms with Crippen LogP contribution in [0.3, 0.4) is 0 Å². The number of likely N-dealkylation sites (tertiary alicyclic amines) is 1. The fourth-order valence-corrected chi connectivity index (χ4v) is 6.26. The van der Waals surface area contributed by atoms with Crippen molar-refractivity contribution in [3.8, 4) is 11.4 Å². The highest BCUT2D eigenvalue weighted by Crippen LogP contribution is 2.53. The number of rotatable bonds is 6. The van der Waals surface area contributed by atoms with Crippen molar-refractivity contribution in [1.29, 1.82) is 0 Å². The van der Waals surface area contributed by atoms with E-state index in [4.69, 9.17) is 9.47 Å². The molecule has 208 valence electrons. The van der Waals surface area contributed by atoms with Gasteiger partial charge in [-0.15, -0.1) is 0 Å². The van der Waals surface area contributed by atoms with Crippen LogP contribution in [0.1, 0.15) is 43.5 Å². The highest BCUT2D eigenvalue weighted by molar-refractivity contribution is 5.94. The minimum atomic E-state index is -0.911. The van der Waals surface area contributed by atoms with Gasteiger partial charge in [0.2, 0.25) is 0 Å². The summed E-state index contributed by atoms with van der Waals surface area (Å²) in [6.45, 7) is 6.11. The Morgan fingerprint density at radius 3 is 2.45 bits per heavy atom. The molecule has 40 heavy (non-hydrogen) atoms. The van der Waals surface area contributed by atoms with E-state index in [0.717, 1.165) is 33.8 Å². The van der Waals surface area contributed by atoms with Crippen LogP contribution in [0.2, 0.25) is 0 Å². The lowest BCUT2D eigenvalue weighted by molar-refractivity contribution is -0.142. The Balaban J connectivity index is 1.57. The summed E-state index contributed by atoms with van der Waals surface area (Å²) in [4.78, 5) is 13.3. The van der Waals surface area contributed by atoms with E-state index in [9.17, 15) is 18.7 Å². The molecule has 6 rings (SSSR count). The number of nitrogens with zero attached hydrogens (tertiary/aromatic N) is 2. The second kappa shape index (κ2) is 10.0. The Kier molecular flexibility index (Phi) is 6.63. The maximum absolute atomic E-state index is 14.6. The van der Waals surface area contributed by atoms with Crippen LogP contribution >= 0.6 is 0 Å². The summed E-state index contributed by atoms with van der Waals surface area (Å²) in [5.74, 6) is -1.97. The molecule has 1 N–H and O–H groups in total. The Labute approximate surface area is 231 Å². The first-order chi connectivity index (χ1) is 19.2. The monoisotopic (exact) mass is 546 g/mol. The second-order valence-electron chi connectivity index (χ2n) is 11.4. The van der Waals surface area contributed by atoms with Gasteiger partial charge in [0.1, 0.15) is 12.4 Å². The van der Waals surface area contributed by atoms with E-state index in [1.165, 1.54) is 6.07 Å². The molecule has 3 heterocycles. The standard InChI is InChI=1S/C32H32F2N2O4/c1-31(2)20-40-32(13-15-35(16-14-32)18-27(37)38)29-28-25(36(30(29)31)22-11-12-23(33)24(34)17-22)9-6-10-26(28)39-19-21-7-4-3-5-8-21/h3-12,17H,13-16,18-20H2,1-2H3,(H,37,38). The molecule has 0 unspecified atom stereocenters. The van der Waals surface area contributed by atoms with E-state index in [1.807, 2.05) is 58.0 Å². The molecule has 0 atom stereocenters. The molecular formula is C32H32F2N2O4. The molecule has 0 aliphatic carbocycles. The quantitative estimate of drug-likeness (QED) is 0.313. The van der Waals surface area contributed by atoms with Crippen molar-refractivity contribution >= 4 is 16.9 Å². The second-order valence-corrected chi connectivity index (χ2v) is 11.4. The van der Waals surface area contributed by atoms with E-state index < -0.39 is 28.6 Å². The zero-order valence-electron chi connectivity index (χ0n) is 22.6. The van der Waals surface area contributed by atoms with Gasteiger partial charge in [-0.25, -0.2) is 8.78 Å². The van der Waals surface area contributed by atoms with Gasteiger partial charge >= 0.3 is 5.97 Å². The van der Waals surface area contributed by atoms with E-state index in [-0.39, 0.29) is 6.54 Å². The number of hydrogen-bond donors (Lipinski definition) is 1. The SMILES string of the molecule is CC1(C)COC2(CCN(CC(=O)O)CC2)c2c1n(-c1ccc(F)c(F)c1)c1cccc(OCc3ccccc3)c21. The van der Waals surface area contributed by atoms with Gasteiger partial charge in [-0.05, 0) is 42.7 Å². The number of benzene rings is 3. The van der Waals surface area contributed by atoms with Gasteiger partial charge in [0.25, 0.3) is 0 Å². The number of carbonyl (C=O) groups is 1. The molecule has 0 amide bonds. The van der Waals surface area contributed by atoms with E-state index in [2.05, 4.69) is 13.8 Å². The highest BCUT2D eigenvalue weighted by Gasteiger charge is 2.50. The van der Waals surface area contributed by atoms with Crippen molar-refractivity contribution < 1.29 is 28.2 Å². The molecule has 2 aliphatic rings. The lowest BCUT2D eigenvalue weighted by Crippen LogP contribution is -2.50. The van der Waals surface area contributed by atoms with Crippen LogP contribution in [-0.4, -0.2) is 46.8 Å². The summed E-state index contributed by atoms with van der Waals surface area (Å²) in [6, 6.07) is 19.7. The van der Waals surface area contributed by atoms with Gasteiger partial charge in [-0.3, -0.25) is 9.69 Å². The maximum Gasteiger partial charge on any atom is 0.317 e. The number of piperidine rings is 1. The number of hydrogen-bond acceptors (Lipinski definition) is 4. The molecule has 1 fully saturated rings. The van der Waals surface area contributed by atoms with Crippen molar-refractivity contribution in [3.05, 3.63) is 95.2 Å². The van der Waals surface area contributed by atoms with Gasteiger partial charge < -0.3 is 19.1 Å². The third-order valence-corrected chi connectivity index (χ3v) is 8.18. The lowest BCUT2D eigenvalue weighted by atomic mass is 9.74. The first-order valence-electron chi connectivity index (χ1n) is 13.6. The van der Waals surface area contributed by atoms with E-state index >= 15 is 0 Å². The number of aliphatic carboxylic acids is 1. The Hall–Kier alpha value is -3.75. The van der Waals surface area contributed by atoms with E-state index in [0.29, 0.717) is 50.6 Å². The predicted molar refractivity (Wildman–Crippen MR) is 148 cm³/mol. The first-order valence-corrected chi connectivity index (χ1v) is 13.6. The van der Waals surface area contributed by atoms with Crippen LogP contribution in [0.25, 0.3) is 16.6 Å². The van der Waals surface area contributed by atoms with Gasteiger partial charge in [0.15, 0.2) is 11.6 Å². The number of carboxylic acid groups (broad SMARTS) is 1. The van der Waals surface area contributed by atoms with Crippen LogP contribution in [0, 0.1) is 11.6 Å². The van der Waals surface area contributed by atoms with Gasteiger partial charge in [0.05, 0.1) is 24.3 Å². The summed E-state index contributed by atoms with van der Waals surface area (Å²) < 4.78 is 43.8. The maximum atomic E-state index is 14.6. The summed E-state index contributed by atoms with van der Waals surface area (Å²) >= 11 is 0. The van der Waals surface area contributed by atoms with Crippen molar-refractivity contribution in [3.63, 3.8) is 0 Å². The summed E-state index contributed by atoms with van der Waals surface area (Å²) in [7, 11) is 0. The average molecular weight is 547 g/mol. The molecule has 1 spiro atoms. The Morgan fingerprint density at radius 2 is 1.75 bits per heavy atom.